The Morgan fingerprint density at radius 1 is 1.20 bits per heavy atom. The number of carboxylic acid groups (broad SMARTS) is 1. The second-order valence-corrected chi connectivity index (χ2v) is 6.38. The smallest absolute Gasteiger partial charge is 0.371 e. The Balaban J connectivity index is 1.78. The number of aromatic carboxylic acids is 1. The number of carbonyl (C=O) groups excluding carboxylic acids is 2. The highest BCUT2D eigenvalue weighted by Gasteiger charge is 2.31. The summed E-state index contributed by atoms with van der Waals surface area (Å²) < 4.78 is 5.20. The lowest BCUT2D eigenvalue weighted by atomic mass is 9.97. The molecule has 1 fully saturated rings. The van der Waals surface area contributed by atoms with E-state index in [0.29, 0.717) is 16.7 Å². The number of carbonyl (C=O) groups is 3. The van der Waals surface area contributed by atoms with Crippen molar-refractivity contribution in [2.45, 2.75) is 38.6 Å². The van der Waals surface area contributed by atoms with Gasteiger partial charge in [0.05, 0.1) is 0 Å². The molecule has 25 heavy (non-hydrogen) atoms. The number of amides is 2. The Kier molecular flexibility index (Phi) is 4.74. The summed E-state index contributed by atoms with van der Waals surface area (Å²) >= 11 is 0. The number of fused-ring (bicyclic) bond motifs is 1. The van der Waals surface area contributed by atoms with Crippen LogP contribution in [0.2, 0.25) is 0 Å². The first-order valence-electron chi connectivity index (χ1n) is 8.29. The number of nitrogens with one attached hydrogen (secondary N) is 2. The quantitative estimate of drug-likeness (QED) is 0.773. The molecule has 0 bridgehead atoms. The molecule has 2 amide bonds. The van der Waals surface area contributed by atoms with Crippen LogP contribution in [0.3, 0.4) is 0 Å². The van der Waals surface area contributed by atoms with Crippen molar-refractivity contribution in [3.05, 3.63) is 30.0 Å². The summed E-state index contributed by atoms with van der Waals surface area (Å²) in [5.41, 5.74) is 0.966. The monoisotopic (exact) mass is 344 g/mol. The van der Waals surface area contributed by atoms with Gasteiger partial charge in [0, 0.05) is 18.0 Å². The molecular weight excluding hydrogens is 324 g/mol. The van der Waals surface area contributed by atoms with Gasteiger partial charge in [0.25, 0.3) is 0 Å². The predicted octanol–water partition coefficient (Wildman–Crippen LogP) is 2.76. The zero-order chi connectivity index (χ0) is 18.0. The molecule has 1 unspecified atom stereocenters. The Bertz CT molecular complexity index is 820. The molecule has 0 aliphatic heterocycles. The van der Waals surface area contributed by atoms with E-state index < -0.39 is 12.0 Å². The van der Waals surface area contributed by atoms with Gasteiger partial charge in [0.15, 0.2) is 0 Å². The van der Waals surface area contributed by atoms with E-state index >= 15 is 0 Å². The van der Waals surface area contributed by atoms with Crippen LogP contribution < -0.4 is 10.6 Å². The minimum absolute atomic E-state index is 0.139. The van der Waals surface area contributed by atoms with Crippen molar-refractivity contribution in [3.8, 4) is 0 Å². The van der Waals surface area contributed by atoms with Crippen molar-refractivity contribution in [3.63, 3.8) is 0 Å². The summed E-state index contributed by atoms with van der Waals surface area (Å²) in [6.45, 7) is 1.40. The van der Waals surface area contributed by atoms with E-state index in [2.05, 4.69) is 10.6 Å². The van der Waals surface area contributed by atoms with E-state index in [1.807, 2.05) is 0 Å². The average Bonchev–Trinajstić information content (AvgIpc) is 3.21. The minimum atomic E-state index is -1.14. The van der Waals surface area contributed by atoms with Gasteiger partial charge in [-0.25, -0.2) is 4.79 Å². The van der Waals surface area contributed by atoms with Crippen molar-refractivity contribution in [2.75, 3.05) is 5.32 Å². The Labute approximate surface area is 144 Å². The molecule has 0 spiro atoms. The Morgan fingerprint density at radius 2 is 1.92 bits per heavy atom. The molecular formula is C18H20N2O5. The van der Waals surface area contributed by atoms with Crippen molar-refractivity contribution in [2.24, 2.45) is 5.92 Å². The second-order valence-electron chi connectivity index (χ2n) is 6.38. The number of hydrogen-bond donors (Lipinski definition) is 3. The van der Waals surface area contributed by atoms with Crippen LogP contribution in [-0.4, -0.2) is 28.9 Å². The van der Waals surface area contributed by atoms with Gasteiger partial charge in [-0.05, 0) is 43.0 Å². The molecule has 1 aromatic heterocycles. The predicted molar refractivity (Wildman–Crippen MR) is 91.4 cm³/mol. The normalized spacial score (nSPS) is 15.9. The van der Waals surface area contributed by atoms with E-state index in [1.165, 1.54) is 13.0 Å². The standard InChI is InChI=1S/C18H20N2O5/c1-10(21)19-16(11-4-2-3-5-11)17(22)20-13-6-7-14-12(8-13)9-15(25-14)18(23)24/h6-9,11,16H,2-5H2,1H3,(H,19,21)(H,20,22)(H,23,24). The lowest BCUT2D eigenvalue weighted by molar-refractivity contribution is -0.126. The third-order valence-electron chi connectivity index (χ3n) is 4.51. The molecule has 0 radical (unpaired) electrons. The van der Waals surface area contributed by atoms with Crippen LogP contribution in [0.4, 0.5) is 5.69 Å². The van der Waals surface area contributed by atoms with Gasteiger partial charge in [-0.2, -0.15) is 0 Å². The zero-order valence-corrected chi connectivity index (χ0v) is 13.9. The number of carboxylic acids is 1. The van der Waals surface area contributed by atoms with Crippen LogP contribution in [0, 0.1) is 5.92 Å². The number of hydrogen-bond acceptors (Lipinski definition) is 4. The summed E-state index contributed by atoms with van der Waals surface area (Å²) in [5, 5.41) is 15.1. The van der Waals surface area contributed by atoms with Crippen LogP contribution in [-0.2, 0) is 9.59 Å². The van der Waals surface area contributed by atoms with Crippen LogP contribution in [0.25, 0.3) is 11.0 Å². The Hall–Kier alpha value is -2.83. The maximum atomic E-state index is 12.6. The molecule has 0 saturated heterocycles. The maximum Gasteiger partial charge on any atom is 0.371 e. The van der Waals surface area contributed by atoms with E-state index in [4.69, 9.17) is 9.52 Å². The fraction of sp³-hybridized carbons (Fsp3) is 0.389. The first-order chi connectivity index (χ1) is 11.9. The Morgan fingerprint density at radius 3 is 2.56 bits per heavy atom. The topological polar surface area (TPSA) is 109 Å². The first kappa shape index (κ1) is 17.0. The lowest BCUT2D eigenvalue weighted by Gasteiger charge is -2.23. The SMILES string of the molecule is CC(=O)NC(C(=O)Nc1ccc2oc(C(=O)O)cc2c1)C1CCCC1. The first-order valence-corrected chi connectivity index (χ1v) is 8.29. The average molecular weight is 344 g/mol. The summed E-state index contributed by atoms with van der Waals surface area (Å²) in [7, 11) is 0. The molecule has 7 heteroatoms. The largest absolute Gasteiger partial charge is 0.475 e. The van der Waals surface area contributed by atoms with Gasteiger partial charge in [0.2, 0.25) is 17.6 Å². The van der Waals surface area contributed by atoms with E-state index in [0.717, 1.165) is 25.7 Å². The highest BCUT2D eigenvalue weighted by molar-refractivity contribution is 5.99. The molecule has 1 aliphatic rings. The van der Waals surface area contributed by atoms with Gasteiger partial charge in [-0.3, -0.25) is 9.59 Å². The molecule has 3 N–H and O–H groups in total. The second kappa shape index (κ2) is 6.96. The van der Waals surface area contributed by atoms with E-state index in [-0.39, 0.29) is 23.5 Å². The molecule has 1 heterocycles. The molecule has 1 aliphatic carbocycles. The van der Waals surface area contributed by atoms with Gasteiger partial charge in [-0.15, -0.1) is 0 Å². The molecule has 1 atom stereocenters. The fourth-order valence-electron chi connectivity index (χ4n) is 3.35. The van der Waals surface area contributed by atoms with Gasteiger partial charge in [0.1, 0.15) is 11.6 Å². The molecule has 2 aromatic rings. The van der Waals surface area contributed by atoms with E-state index in [9.17, 15) is 14.4 Å². The van der Waals surface area contributed by atoms with Gasteiger partial charge in [-0.1, -0.05) is 12.8 Å². The van der Waals surface area contributed by atoms with Crippen molar-refractivity contribution in [1.29, 1.82) is 0 Å². The van der Waals surface area contributed by atoms with Gasteiger partial charge >= 0.3 is 5.97 Å². The third-order valence-corrected chi connectivity index (χ3v) is 4.51. The van der Waals surface area contributed by atoms with Crippen molar-refractivity contribution < 1.29 is 23.9 Å². The number of furan rings is 1. The van der Waals surface area contributed by atoms with Crippen LogP contribution in [0.1, 0.15) is 43.2 Å². The maximum absolute atomic E-state index is 12.6. The third kappa shape index (κ3) is 3.81. The van der Waals surface area contributed by atoms with Crippen LogP contribution in [0.5, 0.6) is 0 Å². The molecule has 1 saturated carbocycles. The van der Waals surface area contributed by atoms with Crippen LogP contribution in [0.15, 0.2) is 28.7 Å². The fourth-order valence-corrected chi connectivity index (χ4v) is 3.35. The highest BCUT2D eigenvalue weighted by atomic mass is 16.4. The number of rotatable bonds is 5. The lowest BCUT2D eigenvalue weighted by Crippen LogP contribution is -2.47. The molecule has 1 aromatic carbocycles. The summed E-state index contributed by atoms with van der Waals surface area (Å²) in [6, 6.07) is 5.77. The van der Waals surface area contributed by atoms with Crippen molar-refractivity contribution in [1.82, 2.24) is 5.32 Å². The molecule has 3 rings (SSSR count). The van der Waals surface area contributed by atoms with Gasteiger partial charge < -0.3 is 20.2 Å². The number of anilines is 1. The minimum Gasteiger partial charge on any atom is -0.475 e. The highest BCUT2D eigenvalue weighted by Crippen LogP contribution is 2.29. The van der Waals surface area contributed by atoms with Crippen LogP contribution >= 0.6 is 0 Å². The van der Waals surface area contributed by atoms with E-state index in [1.54, 1.807) is 18.2 Å². The summed E-state index contributed by atoms with van der Waals surface area (Å²) in [4.78, 5) is 35.1. The molecule has 7 nitrogen and oxygen atoms in total. The summed E-state index contributed by atoms with van der Waals surface area (Å²) in [6.07, 6.45) is 3.96. The number of benzene rings is 1. The molecule has 132 valence electrons. The zero-order valence-electron chi connectivity index (χ0n) is 13.9. The summed E-state index contributed by atoms with van der Waals surface area (Å²) in [5.74, 6) is -1.65. The van der Waals surface area contributed by atoms with Crippen molar-refractivity contribution >= 4 is 34.4 Å².